The minimum atomic E-state index is -0.0558. The van der Waals surface area contributed by atoms with Gasteiger partial charge in [0.05, 0.1) is 26.4 Å². The molecule has 0 aromatic heterocycles. The smallest absolute Gasteiger partial charge is 0.223 e. The average Bonchev–Trinajstić information content (AvgIpc) is 2.62. The van der Waals surface area contributed by atoms with Crippen molar-refractivity contribution in [2.75, 3.05) is 33.0 Å². The number of hydrogen-bond donors (Lipinski definition) is 2. The summed E-state index contributed by atoms with van der Waals surface area (Å²) in [5, 5.41) is 5.71. The Morgan fingerprint density at radius 2 is 1.64 bits per heavy atom. The monoisotopic (exact) mass is 356 g/mol. The van der Waals surface area contributed by atoms with Gasteiger partial charge in [0.25, 0.3) is 0 Å². The van der Waals surface area contributed by atoms with Crippen molar-refractivity contribution in [3.8, 4) is 0 Å². The van der Waals surface area contributed by atoms with Crippen LogP contribution in [0.3, 0.4) is 0 Å². The first-order chi connectivity index (χ1) is 12.1. The molecule has 0 atom stereocenters. The molecule has 0 heterocycles. The van der Waals surface area contributed by atoms with Crippen LogP contribution in [-0.4, -0.2) is 56.6 Å². The van der Waals surface area contributed by atoms with Crippen LogP contribution in [0.15, 0.2) is 0 Å². The molecule has 0 saturated heterocycles. The largest absolute Gasteiger partial charge is 0.379 e. The molecule has 0 aromatic rings. The Morgan fingerprint density at radius 1 is 0.960 bits per heavy atom. The number of nitrogens with one attached hydrogen (secondary N) is 2. The molecule has 1 fully saturated rings. The molecule has 1 saturated carbocycles. The summed E-state index contributed by atoms with van der Waals surface area (Å²) in [7, 11) is 0. The average molecular weight is 356 g/mol. The molecule has 7 heteroatoms. The first kappa shape index (κ1) is 21.6. The van der Waals surface area contributed by atoms with Gasteiger partial charge < -0.3 is 20.1 Å². The van der Waals surface area contributed by atoms with E-state index in [1.807, 2.05) is 6.92 Å². The van der Waals surface area contributed by atoms with Gasteiger partial charge in [0, 0.05) is 31.4 Å². The molecule has 25 heavy (non-hydrogen) atoms. The van der Waals surface area contributed by atoms with Gasteiger partial charge in [0.15, 0.2) is 5.78 Å². The Morgan fingerprint density at radius 3 is 2.28 bits per heavy atom. The molecule has 7 nitrogen and oxygen atoms in total. The zero-order valence-corrected chi connectivity index (χ0v) is 15.5. The van der Waals surface area contributed by atoms with E-state index in [1.54, 1.807) is 6.92 Å². The SMILES string of the molecule is CCOCCOCCC(=O)NC1CCC(C(=O)NCC(=O)CC)CC1. The number of rotatable bonds is 12. The van der Waals surface area contributed by atoms with Crippen LogP contribution >= 0.6 is 0 Å². The van der Waals surface area contributed by atoms with E-state index in [4.69, 9.17) is 9.47 Å². The van der Waals surface area contributed by atoms with Crippen molar-refractivity contribution in [3.63, 3.8) is 0 Å². The van der Waals surface area contributed by atoms with Gasteiger partial charge in [-0.3, -0.25) is 14.4 Å². The highest BCUT2D eigenvalue weighted by molar-refractivity contribution is 5.86. The molecule has 0 unspecified atom stereocenters. The number of hydrogen-bond acceptors (Lipinski definition) is 5. The van der Waals surface area contributed by atoms with Crippen LogP contribution in [0.25, 0.3) is 0 Å². The molecule has 1 aliphatic carbocycles. The van der Waals surface area contributed by atoms with Gasteiger partial charge in [-0.1, -0.05) is 6.92 Å². The third-order valence-electron chi connectivity index (χ3n) is 4.37. The Labute approximate surface area is 150 Å². The van der Waals surface area contributed by atoms with Crippen LogP contribution in [0.5, 0.6) is 0 Å². The quantitative estimate of drug-likeness (QED) is 0.513. The predicted octanol–water partition coefficient (Wildman–Crippen LogP) is 1.20. The van der Waals surface area contributed by atoms with Gasteiger partial charge in [-0.2, -0.15) is 0 Å². The summed E-state index contributed by atoms with van der Waals surface area (Å²) in [5.74, 6) is -0.0791. The van der Waals surface area contributed by atoms with E-state index in [2.05, 4.69) is 10.6 Å². The summed E-state index contributed by atoms with van der Waals surface area (Å²) in [4.78, 5) is 35.2. The molecule has 0 spiro atoms. The summed E-state index contributed by atoms with van der Waals surface area (Å²) in [5.41, 5.74) is 0. The first-order valence-electron chi connectivity index (χ1n) is 9.31. The Kier molecular flexibility index (Phi) is 11.1. The van der Waals surface area contributed by atoms with Crippen molar-refractivity contribution >= 4 is 17.6 Å². The second kappa shape index (κ2) is 12.8. The van der Waals surface area contributed by atoms with Gasteiger partial charge in [-0.25, -0.2) is 0 Å². The van der Waals surface area contributed by atoms with Crippen molar-refractivity contribution in [3.05, 3.63) is 0 Å². The maximum atomic E-state index is 12.0. The maximum Gasteiger partial charge on any atom is 0.223 e. The molecule has 0 aliphatic heterocycles. The van der Waals surface area contributed by atoms with E-state index in [0.29, 0.717) is 39.3 Å². The minimum Gasteiger partial charge on any atom is -0.379 e. The highest BCUT2D eigenvalue weighted by Crippen LogP contribution is 2.24. The predicted molar refractivity (Wildman–Crippen MR) is 94.1 cm³/mol. The number of Topliss-reactive ketones (excluding diaryl/α,β-unsaturated/α-hetero) is 1. The van der Waals surface area contributed by atoms with E-state index in [0.717, 1.165) is 25.7 Å². The summed E-state index contributed by atoms with van der Waals surface area (Å²) in [6.07, 6.45) is 3.83. The highest BCUT2D eigenvalue weighted by atomic mass is 16.5. The fourth-order valence-electron chi connectivity index (χ4n) is 2.78. The van der Waals surface area contributed by atoms with E-state index in [9.17, 15) is 14.4 Å². The first-order valence-corrected chi connectivity index (χ1v) is 9.31. The van der Waals surface area contributed by atoms with E-state index in [1.165, 1.54) is 0 Å². The third-order valence-corrected chi connectivity index (χ3v) is 4.37. The van der Waals surface area contributed by atoms with E-state index >= 15 is 0 Å². The molecule has 2 amide bonds. The molecular weight excluding hydrogens is 324 g/mol. The van der Waals surface area contributed by atoms with Gasteiger partial charge in [-0.05, 0) is 32.6 Å². The van der Waals surface area contributed by atoms with Crippen LogP contribution in [0, 0.1) is 5.92 Å². The third kappa shape index (κ3) is 9.55. The fourth-order valence-corrected chi connectivity index (χ4v) is 2.78. The van der Waals surface area contributed by atoms with Crippen molar-refractivity contribution in [1.82, 2.24) is 10.6 Å². The molecular formula is C18H32N2O5. The standard InChI is InChI=1S/C18H32N2O5/c1-3-16(21)13-19-18(23)14-5-7-15(8-6-14)20-17(22)9-10-25-12-11-24-4-2/h14-15H,3-13H2,1-2H3,(H,19,23)(H,20,22). The molecule has 2 N–H and O–H groups in total. The van der Waals surface area contributed by atoms with Crippen molar-refractivity contribution in [2.24, 2.45) is 5.92 Å². The van der Waals surface area contributed by atoms with Gasteiger partial charge in [0.1, 0.15) is 0 Å². The fraction of sp³-hybridized carbons (Fsp3) is 0.833. The second-order valence-electron chi connectivity index (χ2n) is 6.29. The summed E-state index contributed by atoms with van der Waals surface area (Å²) < 4.78 is 10.5. The van der Waals surface area contributed by atoms with Crippen molar-refractivity contribution in [2.45, 2.75) is 58.4 Å². The number of ether oxygens (including phenoxy) is 2. The Balaban J connectivity index is 2.12. The van der Waals surface area contributed by atoms with Gasteiger partial charge >= 0.3 is 0 Å². The minimum absolute atomic E-state index is 0.0159. The molecule has 1 aliphatic rings. The lowest BCUT2D eigenvalue weighted by molar-refractivity contribution is -0.128. The number of amides is 2. The van der Waals surface area contributed by atoms with Gasteiger partial charge in [-0.15, -0.1) is 0 Å². The summed E-state index contributed by atoms with van der Waals surface area (Å²) in [6, 6.07) is 0.122. The summed E-state index contributed by atoms with van der Waals surface area (Å²) in [6.45, 7) is 5.94. The van der Waals surface area contributed by atoms with Crippen LogP contribution < -0.4 is 10.6 Å². The molecule has 0 radical (unpaired) electrons. The Hall–Kier alpha value is -1.47. The lowest BCUT2D eigenvalue weighted by Gasteiger charge is -2.28. The van der Waals surface area contributed by atoms with E-state index in [-0.39, 0.29) is 36.1 Å². The number of carbonyl (C=O) groups is 3. The zero-order valence-electron chi connectivity index (χ0n) is 15.5. The van der Waals surface area contributed by atoms with Crippen LogP contribution in [-0.2, 0) is 23.9 Å². The lowest BCUT2D eigenvalue weighted by atomic mass is 9.85. The van der Waals surface area contributed by atoms with Crippen LogP contribution in [0.1, 0.15) is 52.4 Å². The van der Waals surface area contributed by atoms with Crippen molar-refractivity contribution in [1.29, 1.82) is 0 Å². The normalized spacial score (nSPS) is 20.1. The van der Waals surface area contributed by atoms with E-state index < -0.39 is 0 Å². The topological polar surface area (TPSA) is 93.7 Å². The lowest BCUT2D eigenvalue weighted by Crippen LogP contribution is -2.41. The van der Waals surface area contributed by atoms with Crippen molar-refractivity contribution < 1.29 is 23.9 Å². The number of carbonyl (C=O) groups excluding carboxylic acids is 3. The molecule has 144 valence electrons. The second-order valence-corrected chi connectivity index (χ2v) is 6.29. The van der Waals surface area contributed by atoms with Crippen LogP contribution in [0.4, 0.5) is 0 Å². The van der Waals surface area contributed by atoms with Gasteiger partial charge in [0.2, 0.25) is 11.8 Å². The Bertz CT molecular complexity index is 420. The summed E-state index contributed by atoms with van der Waals surface area (Å²) >= 11 is 0. The maximum absolute atomic E-state index is 12.0. The molecule has 0 bridgehead atoms. The molecule has 1 rings (SSSR count). The zero-order chi connectivity index (χ0) is 18.5. The molecule has 0 aromatic carbocycles. The number of ketones is 1. The highest BCUT2D eigenvalue weighted by Gasteiger charge is 2.27. The van der Waals surface area contributed by atoms with Crippen LogP contribution in [0.2, 0.25) is 0 Å².